The summed E-state index contributed by atoms with van der Waals surface area (Å²) in [5.74, 6) is 0. The average Bonchev–Trinajstić information content (AvgIpc) is 2.55. The van der Waals surface area contributed by atoms with E-state index < -0.39 is 20.5 Å². The predicted molar refractivity (Wildman–Crippen MR) is 85.7 cm³/mol. The van der Waals surface area contributed by atoms with Gasteiger partial charge in [0.1, 0.15) is 4.90 Å². The monoisotopic (exact) mass is 343 g/mol. The van der Waals surface area contributed by atoms with Gasteiger partial charge in [-0.1, -0.05) is 0 Å². The number of nitrogens with zero attached hydrogens (tertiary/aromatic N) is 1. The number of nitro benzene ring substituents is 1. The van der Waals surface area contributed by atoms with Gasteiger partial charge in [0.25, 0.3) is 5.69 Å². The van der Waals surface area contributed by atoms with E-state index in [1.807, 2.05) is 27.7 Å². The van der Waals surface area contributed by atoms with Crippen LogP contribution in [0.5, 0.6) is 0 Å². The third-order valence-corrected chi connectivity index (χ3v) is 4.85. The standard InChI is InChI=1S/C14H21N3O5S/c1-13(2)8-12(14(3,4)22-13)16-10-7-9(17(18)19)5-6-11(10)23(15,20)21/h5-7,12,16H,8H2,1-4H3,(H2,15,20,21). The van der Waals surface area contributed by atoms with Crippen molar-refractivity contribution in [2.45, 2.75) is 56.3 Å². The van der Waals surface area contributed by atoms with Gasteiger partial charge in [-0.05, 0) is 40.2 Å². The number of primary sulfonamides is 1. The van der Waals surface area contributed by atoms with Crippen LogP contribution >= 0.6 is 0 Å². The van der Waals surface area contributed by atoms with E-state index in [1.165, 1.54) is 6.07 Å². The lowest BCUT2D eigenvalue weighted by molar-refractivity contribution is -0.384. The molecule has 3 N–H and O–H groups in total. The molecule has 1 unspecified atom stereocenters. The Balaban J connectivity index is 2.46. The molecule has 128 valence electrons. The molecule has 2 rings (SSSR count). The van der Waals surface area contributed by atoms with E-state index >= 15 is 0 Å². The van der Waals surface area contributed by atoms with Crippen LogP contribution in [0.25, 0.3) is 0 Å². The topological polar surface area (TPSA) is 125 Å². The number of nitrogens with one attached hydrogen (secondary N) is 1. The second kappa shape index (κ2) is 5.43. The van der Waals surface area contributed by atoms with E-state index in [0.717, 1.165) is 12.1 Å². The van der Waals surface area contributed by atoms with E-state index in [0.29, 0.717) is 6.42 Å². The average molecular weight is 343 g/mol. The number of rotatable bonds is 4. The number of anilines is 1. The molecule has 0 radical (unpaired) electrons. The number of non-ortho nitro benzene ring substituents is 1. The maximum atomic E-state index is 11.7. The van der Waals surface area contributed by atoms with Gasteiger partial charge in [0.2, 0.25) is 10.0 Å². The highest BCUT2D eigenvalue weighted by atomic mass is 32.2. The Morgan fingerprint density at radius 3 is 2.39 bits per heavy atom. The largest absolute Gasteiger partial charge is 0.378 e. The van der Waals surface area contributed by atoms with Crippen molar-refractivity contribution in [2.75, 3.05) is 5.32 Å². The molecule has 0 bridgehead atoms. The lowest BCUT2D eigenvalue weighted by Gasteiger charge is -2.28. The Morgan fingerprint density at radius 1 is 1.35 bits per heavy atom. The molecular formula is C14H21N3O5S. The maximum Gasteiger partial charge on any atom is 0.271 e. The molecule has 8 nitrogen and oxygen atoms in total. The second-order valence-corrected chi connectivity index (χ2v) is 8.38. The maximum absolute atomic E-state index is 11.7. The highest BCUT2D eigenvalue weighted by Crippen LogP contribution is 2.40. The molecule has 1 aromatic rings. The van der Waals surface area contributed by atoms with Gasteiger partial charge in [-0.2, -0.15) is 0 Å². The zero-order chi connectivity index (χ0) is 17.6. The summed E-state index contributed by atoms with van der Waals surface area (Å²) in [4.78, 5) is 10.2. The van der Waals surface area contributed by atoms with Gasteiger partial charge in [0.05, 0.1) is 27.9 Å². The second-order valence-electron chi connectivity index (χ2n) is 6.85. The van der Waals surface area contributed by atoms with Crippen molar-refractivity contribution < 1.29 is 18.1 Å². The van der Waals surface area contributed by atoms with Crippen LogP contribution in [0, 0.1) is 10.1 Å². The van der Waals surface area contributed by atoms with Crippen molar-refractivity contribution in [1.29, 1.82) is 0 Å². The number of sulfonamides is 1. The molecule has 0 saturated carbocycles. The zero-order valence-corrected chi connectivity index (χ0v) is 14.3. The lowest BCUT2D eigenvalue weighted by atomic mass is 9.94. The fourth-order valence-electron chi connectivity index (χ4n) is 2.97. The number of hydrogen-bond acceptors (Lipinski definition) is 6. The van der Waals surface area contributed by atoms with Crippen LogP contribution in [0.3, 0.4) is 0 Å². The number of ether oxygens (including phenoxy) is 1. The molecule has 0 aliphatic carbocycles. The molecule has 1 saturated heterocycles. The Bertz CT molecular complexity index is 743. The smallest absolute Gasteiger partial charge is 0.271 e. The molecular weight excluding hydrogens is 322 g/mol. The highest BCUT2D eigenvalue weighted by molar-refractivity contribution is 7.89. The summed E-state index contributed by atoms with van der Waals surface area (Å²) >= 11 is 0. The highest BCUT2D eigenvalue weighted by Gasteiger charge is 2.46. The first-order chi connectivity index (χ1) is 10.3. The van der Waals surface area contributed by atoms with Crippen molar-refractivity contribution in [1.82, 2.24) is 0 Å². The molecule has 1 aliphatic rings. The molecule has 0 amide bonds. The Kier molecular flexibility index (Phi) is 4.16. The minimum atomic E-state index is -4.01. The Hall–Kier alpha value is -1.71. The third kappa shape index (κ3) is 3.80. The molecule has 23 heavy (non-hydrogen) atoms. The minimum Gasteiger partial charge on any atom is -0.378 e. The van der Waals surface area contributed by atoms with Crippen LogP contribution in [0.15, 0.2) is 23.1 Å². The van der Waals surface area contributed by atoms with Crippen LogP contribution in [0.4, 0.5) is 11.4 Å². The third-order valence-electron chi connectivity index (χ3n) is 3.88. The van der Waals surface area contributed by atoms with Gasteiger partial charge in [0.15, 0.2) is 0 Å². The van der Waals surface area contributed by atoms with Gasteiger partial charge in [-0.25, -0.2) is 13.6 Å². The summed E-state index contributed by atoms with van der Waals surface area (Å²) in [7, 11) is -4.01. The van der Waals surface area contributed by atoms with Crippen molar-refractivity contribution in [3.63, 3.8) is 0 Å². The molecule has 1 heterocycles. The van der Waals surface area contributed by atoms with Crippen LogP contribution in [-0.2, 0) is 14.8 Å². The fourth-order valence-corrected chi connectivity index (χ4v) is 3.65. The van der Waals surface area contributed by atoms with E-state index in [2.05, 4.69) is 5.32 Å². The lowest BCUT2D eigenvalue weighted by Crippen LogP contribution is -2.38. The van der Waals surface area contributed by atoms with Gasteiger partial charge < -0.3 is 10.1 Å². The van der Waals surface area contributed by atoms with Crippen molar-refractivity contribution in [3.8, 4) is 0 Å². The Morgan fingerprint density at radius 2 is 1.96 bits per heavy atom. The van der Waals surface area contributed by atoms with E-state index in [9.17, 15) is 18.5 Å². The van der Waals surface area contributed by atoms with Gasteiger partial charge >= 0.3 is 0 Å². The minimum absolute atomic E-state index is 0.112. The van der Waals surface area contributed by atoms with Gasteiger partial charge in [-0.3, -0.25) is 10.1 Å². The van der Waals surface area contributed by atoms with Crippen molar-refractivity contribution in [2.24, 2.45) is 5.14 Å². The van der Waals surface area contributed by atoms with E-state index in [-0.39, 0.29) is 27.9 Å². The molecule has 1 aliphatic heterocycles. The SMILES string of the molecule is CC1(C)CC(Nc2cc([N+](=O)[O-])ccc2S(N)(=O)=O)C(C)(C)O1. The summed E-state index contributed by atoms with van der Waals surface area (Å²) in [5.41, 5.74) is -1.05. The van der Waals surface area contributed by atoms with E-state index in [1.54, 1.807) is 0 Å². The number of nitro groups is 1. The first kappa shape index (κ1) is 17.6. The van der Waals surface area contributed by atoms with Gasteiger partial charge in [-0.15, -0.1) is 0 Å². The molecule has 0 aromatic heterocycles. The summed E-state index contributed by atoms with van der Waals surface area (Å²) in [6, 6.07) is 3.22. The number of nitrogens with two attached hydrogens (primary N) is 1. The van der Waals surface area contributed by atoms with Crippen LogP contribution < -0.4 is 10.5 Å². The molecule has 1 atom stereocenters. The first-order valence-electron chi connectivity index (χ1n) is 7.10. The van der Waals surface area contributed by atoms with Crippen molar-refractivity contribution >= 4 is 21.4 Å². The Labute approximate surface area is 135 Å². The molecule has 9 heteroatoms. The molecule has 1 fully saturated rings. The fraction of sp³-hybridized carbons (Fsp3) is 0.571. The molecule has 1 aromatic carbocycles. The van der Waals surface area contributed by atoms with E-state index in [4.69, 9.17) is 9.88 Å². The van der Waals surface area contributed by atoms with Crippen LogP contribution in [-0.4, -0.2) is 30.6 Å². The zero-order valence-electron chi connectivity index (χ0n) is 13.5. The first-order valence-corrected chi connectivity index (χ1v) is 8.64. The predicted octanol–water partition coefficient (Wildman–Crippen LogP) is 2.00. The number of hydrogen-bond donors (Lipinski definition) is 2. The summed E-state index contributed by atoms with van der Waals surface area (Å²) in [6.45, 7) is 7.63. The van der Waals surface area contributed by atoms with Crippen molar-refractivity contribution in [3.05, 3.63) is 28.3 Å². The summed E-state index contributed by atoms with van der Waals surface area (Å²) in [6.07, 6.45) is 0.618. The van der Waals surface area contributed by atoms with Gasteiger partial charge in [0, 0.05) is 12.1 Å². The summed E-state index contributed by atoms with van der Waals surface area (Å²) < 4.78 is 29.4. The normalized spacial score (nSPS) is 22.7. The molecule has 0 spiro atoms. The summed E-state index contributed by atoms with van der Waals surface area (Å²) in [5, 5.41) is 19.2. The number of benzene rings is 1. The van der Waals surface area contributed by atoms with Crippen LogP contribution in [0.2, 0.25) is 0 Å². The quantitative estimate of drug-likeness (QED) is 0.636. The van der Waals surface area contributed by atoms with Crippen LogP contribution in [0.1, 0.15) is 34.1 Å².